The number of anilines is 1. The zero-order valence-electron chi connectivity index (χ0n) is 13.0. The van der Waals surface area contributed by atoms with Crippen LogP contribution in [0, 0.1) is 11.8 Å². The number of amides is 1. The number of nitrogens with one attached hydrogen (secondary N) is 2. The molecule has 1 aromatic carbocycles. The molecule has 0 aliphatic heterocycles. The van der Waals surface area contributed by atoms with Crippen molar-refractivity contribution in [1.82, 2.24) is 5.32 Å². The fourth-order valence-corrected chi connectivity index (χ4v) is 2.02. The molecule has 1 aromatic rings. The molecule has 21 heavy (non-hydrogen) atoms. The Hall–Kier alpha value is -1.99. The molecule has 0 aromatic heterocycles. The van der Waals surface area contributed by atoms with E-state index in [0.29, 0.717) is 12.1 Å². The van der Waals surface area contributed by atoms with Gasteiger partial charge >= 0.3 is 0 Å². The molecule has 3 N–H and O–H groups in total. The summed E-state index contributed by atoms with van der Waals surface area (Å²) in [6, 6.07) is 5.13. The van der Waals surface area contributed by atoms with Crippen LogP contribution in [0.3, 0.4) is 0 Å². The maximum absolute atomic E-state index is 11.6. The molecule has 0 aliphatic rings. The molecule has 0 heterocycles. The highest BCUT2D eigenvalue weighted by molar-refractivity contribution is 5.90. The third-order valence-electron chi connectivity index (χ3n) is 3.13. The van der Waals surface area contributed by atoms with Gasteiger partial charge in [-0.3, -0.25) is 4.79 Å². The summed E-state index contributed by atoms with van der Waals surface area (Å²) >= 11 is 0. The first kappa shape index (κ1) is 17.1. The lowest BCUT2D eigenvalue weighted by Gasteiger charge is -2.16. The third kappa shape index (κ3) is 5.88. The predicted molar refractivity (Wildman–Crippen MR) is 86.1 cm³/mol. The number of phenolic OH excluding ortho intramolecular Hbond substituents is 1. The van der Waals surface area contributed by atoms with E-state index >= 15 is 0 Å². The van der Waals surface area contributed by atoms with E-state index in [1.165, 1.54) is 0 Å². The van der Waals surface area contributed by atoms with Gasteiger partial charge in [-0.2, -0.15) is 0 Å². The van der Waals surface area contributed by atoms with E-state index in [1.54, 1.807) is 12.1 Å². The molecule has 0 spiro atoms. The fourth-order valence-electron chi connectivity index (χ4n) is 2.02. The van der Waals surface area contributed by atoms with Crippen LogP contribution in [0.15, 0.2) is 18.2 Å². The minimum absolute atomic E-state index is 0.00651. The molecule has 0 aliphatic carbocycles. The second-order valence-corrected chi connectivity index (χ2v) is 4.92. The van der Waals surface area contributed by atoms with E-state index in [-0.39, 0.29) is 17.7 Å². The largest absolute Gasteiger partial charge is 0.508 e. The molecule has 1 atom stereocenters. The Morgan fingerprint density at radius 2 is 2.19 bits per heavy atom. The zero-order valence-corrected chi connectivity index (χ0v) is 13.0. The van der Waals surface area contributed by atoms with Crippen LogP contribution >= 0.6 is 0 Å². The van der Waals surface area contributed by atoms with Gasteiger partial charge in [0.2, 0.25) is 5.91 Å². The lowest BCUT2D eigenvalue weighted by molar-refractivity contribution is -0.116. The molecular weight excluding hydrogens is 264 g/mol. The molecule has 4 heteroatoms. The molecule has 0 bridgehead atoms. The topological polar surface area (TPSA) is 61.4 Å². The highest BCUT2D eigenvalue weighted by atomic mass is 16.3. The number of carbonyl (C=O) groups is 1. The maximum Gasteiger partial charge on any atom is 0.224 e. The third-order valence-corrected chi connectivity index (χ3v) is 3.13. The minimum Gasteiger partial charge on any atom is -0.508 e. The molecule has 4 nitrogen and oxygen atoms in total. The molecule has 0 saturated heterocycles. The minimum atomic E-state index is -0.00770. The zero-order chi connectivity index (χ0) is 15.7. The van der Waals surface area contributed by atoms with E-state index in [9.17, 15) is 9.90 Å². The van der Waals surface area contributed by atoms with Gasteiger partial charge < -0.3 is 15.7 Å². The van der Waals surface area contributed by atoms with Gasteiger partial charge in [0, 0.05) is 36.7 Å². The summed E-state index contributed by atoms with van der Waals surface area (Å²) in [6.45, 7) is 6.52. The summed E-state index contributed by atoms with van der Waals surface area (Å²) in [5.74, 6) is 6.06. The summed E-state index contributed by atoms with van der Waals surface area (Å²) in [4.78, 5) is 11.6. The molecule has 1 unspecified atom stereocenters. The van der Waals surface area contributed by atoms with Gasteiger partial charge in [-0.1, -0.05) is 6.92 Å². The van der Waals surface area contributed by atoms with E-state index in [1.807, 2.05) is 26.8 Å². The Balaban J connectivity index is 2.71. The van der Waals surface area contributed by atoms with Gasteiger partial charge in [0.25, 0.3) is 0 Å². The average molecular weight is 288 g/mol. The smallest absolute Gasteiger partial charge is 0.224 e. The maximum atomic E-state index is 11.6. The Morgan fingerprint density at radius 3 is 2.86 bits per heavy atom. The second-order valence-electron chi connectivity index (χ2n) is 4.92. The first-order valence-corrected chi connectivity index (χ1v) is 7.34. The quantitative estimate of drug-likeness (QED) is 0.410. The molecule has 0 radical (unpaired) electrons. The summed E-state index contributed by atoms with van der Waals surface area (Å²) in [6.07, 6.45) is 2.08. The molecule has 114 valence electrons. The van der Waals surface area contributed by atoms with Crippen molar-refractivity contribution in [3.63, 3.8) is 0 Å². The number of hydrogen-bond acceptors (Lipinski definition) is 3. The van der Waals surface area contributed by atoms with Crippen molar-refractivity contribution in [1.29, 1.82) is 0 Å². The van der Waals surface area contributed by atoms with Gasteiger partial charge in [0.05, 0.1) is 0 Å². The van der Waals surface area contributed by atoms with Gasteiger partial charge in [-0.05, 0) is 38.5 Å². The fraction of sp³-hybridized carbons (Fsp3) is 0.471. The Kier molecular flexibility index (Phi) is 7.34. The van der Waals surface area contributed by atoms with Crippen molar-refractivity contribution in [2.75, 3.05) is 11.9 Å². The summed E-state index contributed by atoms with van der Waals surface area (Å²) in [5.41, 5.74) is 1.48. The first-order chi connectivity index (χ1) is 10.1. The van der Waals surface area contributed by atoms with Crippen molar-refractivity contribution in [3.05, 3.63) is 23.8 Å². The van der Waals surface area contributed by atoms with Gasteiger partial charge in [0.1, 0.15) is 5.75 Å². The lowest BCUT2D eigenvalue weighted by atomic mass is 10.1. The highest BCUT2D eigenvalue weighted by Crippen LogP contribution is 2.27. The van der Waals surface area contributed by atoms with Crippen LogP contribution in [0.4, 0.5) is 5.69 Å². The van der Waals surface area contributed by atoms with Crippen LogP contribution < -0.4 is 10.6 Å². The summed E-state index contributed by atoms with van der Waals surface area (Å²) < 4.78 is 0. The monoisotopic (exact) mass is 288 g/mol. The Labute approximate surface area is 127 Å². The van der Waals surface area contributed by atoms with Crippen molar-refractivity contribution in [2.24, 2.45) is 0 Å². The Morgan fingerprint density at radius 1 is 1.43 bits per heavy atom. The van der Waals surface area contributed by atoms with Crippen LogP contribution in [0.1, 0.15) is 51.6 Å². The SMILES string of the molecule is CC#CCCNC(C)c1cc(NC(=O)CCC)ccc1O. The van der Waals surface area contributed by atoms with Crippen LogP contribution in [0.2, 0.25) is 0 Å². The number of benzene rings is 1. The Bertz CT molecular complexity index is 529. The number of carbonyl (C=O) groups excluding carboxylic acids is 1. The van der Waals surface area contributed by atoms with Gasteiger partial charge in [-0.15, -0.1) is 11.8 Å². The number of hydrogen-bond donors (Lipinski definition) is 3. The summed E-state index contributed by atoms with van der Waals surface area (Å²) in [5, 5.41) is 16.1. The average Bonchev–Trinajstić information content (AvgIpc) is 2.45. The number of aromatic hydroxyl groups is 1. The van der Waals surface area contributed by atoms with E-state index in [4.69, 9.17) is 0 Å². The number of phenols is 1. The lowest BCUT2D eigenvalue weighted by Crippen LogP contribution is -2.20. The number of rotatable bonds is 7. The van der Waals surface area contributed by atoms with Crippen molar-refractivity contribution in [3.8, 4) is 17.6 Å². The second kappa shape index (κ2) is 9.04. The highest BCUT2D eigenvalue weighted by Gasteiger charge is 2.11. The molecule has 0 saturated carbocycles. The van der Waals surface area contributed by atoms with Crippen LogP contribution in [-0.2, 0) is 4.79 Å². The molecular formula is C17H24N2O2. The predicted octanol–water partition coefficient (Wildman–Crippen LogP) is 3.19. The van der Waals surface area contributed by atoms with Crippen molar-refractivity contribution >= 4 is 11.6 Å². The molecule has 1 rings (SSSR count). The van der Waals surface area contributed by atoms with Crippen molar-refractivity contribution < 1.29 is 9.90 Å². The van der Waals surface area contributed by atoms with Crippen LogP contribution in [-0.4, -0.2) is 17.6 Å². The van der Waals surface area contributed by atoms with E-state index < -0.39 is 0 Å². The van der Waals surface area contributed by atoms with Crippen molar-refractivity contribution in [2.45, 2.75) is 46.1 Å². The van der Waals surface area contributed by atoms with E-state index in [0.717, 1.165) is 24.9 Å². The van der Waals surface area contributed by atoms with Crippen LogP contribution in [0.5, 0.6) is 5.75 Å². The standard InChI is InChI=1S/C17H24N2O2/c1-4-6-7-11-18-13(3)15-12-14(9-10-16(15)20)19-17(21)8-5-2/h9-10,12-13,18,20H,5,7-8,11H2,1-3H3,(H,19,21). The first-order valence-electron chi connectivity index (χ1n) is 7.34. The molecule has 0 fully saturated rings. The summed E-state index contributed by atoms with van der Waals surface area (Å²) in [7, 11) is 0. The normalized spacial score (nSPS) is 11.4. The van der Waals surface area contributed by atoms with E-state index in [2.05, 4.69) is 22.5 Å². The molecule has 1 amide bonds. The van der Waals surface area contributed by atoms with Gasteiger partial charge in [-0.25, -0.2) is 0 Å². The van der Waals surface area contributed by atoms with Crippen LogP contribution in [0.25, 0.3) is 0 Å². The van der Waals surface area contributed by atoms with Gasteiger partial charge in [0.15, 0.2) is 0 Å².